The number of nitrogens with zero attached hydrogens (tertiary/aromatic N) is 1. The summed E-state index contributed by atoms with van der Waals surface area (Å²) in [6.45, 7) is 8.16. The Kier molecular flexibility index (Phi) is 6.89. The highest BCUT2D eigenvalue weighted by Crippen LogP contribution is 2.14. The average molecular weight is 370 g/mol. The summed E-state index contributed by atoms with van der Waals surface area (Å²) in [4.78, 5) is 14.2. The molecule has 6 heteroatoms. The first kappa shape index (κ1) is 19.6. The number of hydrogen-bond donors (Lipinski definition) is 1. The Morgan fingerprint density at radius 3 is 2.27 bits per heavy atom. The zero-order valence-electron chi connectivity index (χ0n) is 14.5. The molecule has 26 heavy (non-hydrogen) atoms. The summed E-state index contributed by atoms with van der Waals surface area (Å²) in [6, 6.07) is 15.2. The molecule has 0 bridgehead atoms. The van der Waals surface area contributed by atoms with Gasteiger partial charge in [0.25, 0.3) is 5.91 Å². The lowest BCUT2D eigenvalue weighted by Gasteiger charge is -2.19. The maximum atomic E-state index is 12.6. The number of sulfonamides is 1. The molecule has 0 aliphatic heterocycles. The van der Waals surface area contributed by atoms with Crippen molar-refractivity contribution in [3.05, 3.63) is 91.0 Å². The molecule has 0 aliphatic rings. The molecule has 0 spiro atoms. The van der Waals surface area contributed by atoms with Crippen molar-refractivity contribution in [2.45, 2.75) is 11.4 Å². The van der Waals surface area contributed by atoms with E-state index in [9.17, 15) is 13.2 Å². The van der Waals surface area contributed by atoms with E-state index in [0.717, 1.165) is 5.56 Å². The molecule has 1 N–H and O–H groups in total. The largest absolute Gasteiger partial charge is 0.331 e. The Balaban J connectivity index is 2.20. The average Bonchev–Trinajstić information content (AvgIpc) is 2.67. The normalized spacial score (nSPS) is 10.9. The second kappa shape index (κ2) is 9.12. The minimum atomic E-state index is -3.73. The molecule has 0 atom stereocenters. The Morgan fingerprint density at radius 1 is 1.00 bits per heavy atom. The Bertz CT molecular complexity index is 867. The van der Waals surface area contributed by atoms with E-state index in [1.54, 1.807) is 24.3 Å². The van der Waals surface area contributed by atoms with Crippen LogP contribution in [0.15, 0.2) is 84.8 Å². The predicted molar refractivity (Wildman–Crippen MR) is 103 cm³/mol. The van der Waals surface area contributed by atoms with Gasteiger partial charge in [0.15, 0.2) is 0 Å². The lowest BCUT2D eigenvalue weighted by atomic mass is 10.2. The van der Waals surface area contributed by atoms with Gasteiger partial charge in [-0.25, -0.2) is 13.1 Å². The van der Waals surface area contributed by atoms with E-state index >= 15 is 0 Å². The van der Waals surface area contributed by atoms with E-state index in [0.29, 0.717) is 18.7 Å². The van der Waals surface area contributed by atoms with Gasteiger partial charge in [0.05, 0.1) is 4.90 Å². The lowest BCUT2D eigenvalue weighted by molar-refractivity contribution is 0.0790. The molecule has 2 aromatic rings. The van der Waals surface area contributed by atoms with Crippen molar-refractivity contribution in [3.63, 3.8) is 0 Å². The third kappa shape index (κ3) is 5.15. The standard InChI is InChI=1S/C20H22N2O3S/c1-3-13-22(14-4-2)20(23)18-11-8-12-19(15-18)26(24,25)21-16-17-9-6-5-7-10-17/h3-12,15,21H,1-2,13-14,16H2. The molecular formula is C20H22N2O3S. The van der Waals surface area contributed by atoms with Crippen LogP contribution in [0.4, 0.5) is 0 Å². The first-order valence-corrected chi connectivity index (χ1v) is 9.61. The van der Waals surface area contributed by atoms with Gasteiger partial charge in [-0.05, 0) is 23.8 Å². The molecule has 0 saturated carbocycles. The van der Waals surface area contributed by atoms with Crippen LogP contribution in [0, 0.1) is 0 Å². The van der Waals surface area contributed by atoms with Crippen LogP contribution in [-0.4, -0.2) is 32.3 Å². The third-order valence-corrected chi connectivity index (χ3v) is 5.09. The maximum Gasteiger partial charge on any atom is 0.254 e. The molecular weight excluding hydrogens is 348 g/mol. The monoisotopic (exact) mass is 370 g/mol. The van der Waals surface area contributed by atoms with Gasteiger partial charge >= 0.3 is 0 Å². The van der Waals surface area contributed by atoms with Gasteiger partial charge in [0, 0.05) is 25.2 Å². The Morgan fingerprint density at radius 2 is 1.65 bits per heavy atom. The summed E-state index contributed by atoms with van der Waals surface area (Å²) >= 11 is 0. The Hall–Kier alpha value is -2.70. The van der Waals surface area contributed by atoms with E-state index in [4.69, 9.17) is 0 Å². The highest BCUT2D eigenvalue weighted by molar-refractivity contribution is 7.89. The highest BCUT2D eigenvalue weighted by Gasteiger charge is 2.18. The van der Waals surface area contributed by atoms with Crippen molar-refractivity contribution in [2.24, 2.45) is 0 Å². The van der Waals surface area contributed by atoms with Crippen molar-refractivity contribution < 1.29 is 13.2 Å². The molecule has 136 valence electrons. The summed E-state index contributed by atoms with van der Waals surface area (Å²) in [5.41, 5.74) is 1.16. The first-order valence-electron chi connectivity index (χ1n) is 8.12. The molecule has 0 aliphatic carbocycles. The van der Waals surface area contributed by atoms with Crippen LogP contribution in [0.1, 0.15) is 15.9 Å². The first-order chi connectivity index (χ1) is 12.5. The summed E-state index contributed by atoms with van der Waals surface area (Å²) in [5, 5.41) is 0. The summed E-state index contributed by atoms with van der Waals surface area (Å²) in [7, 11) is -3.73. The highest BCUT2D eigenvalue weighted by atomic mass is 32.2. The third-order valence-electron chi connectivity index (χ3n) is 3.69. The number of carbonyl (C=O) groups excluding carboxylic acids is 1. The predicted octanol–water partition coefficient (Wildman–Crippen LogP) is 2.98. The second-order valence-electron chi connectivity index (χ2n) is 5.63. The molecule has 2 aromatic carbocycles. The van der Waals surface area contributed by atoms with Crippen molar-refractivity contribution in [1.82, 2.24) is 9.62 Å². The van der Waals surface area contributed by atoms with Gasteiger partial charge in [-0.1, -0.05) is 48.6 Å². The van der Waals surface area contributed by atoms with Crippen LogP contribution in [0.5, 0.6) is 0 Å². The van der Waals surface area contributed by atoms with Crippen LogP contribution in [-0.2, 0) is 16.6 Å². The van der Waals surface area contributed by atoms with Crippen molar-refractivity contribution >= 4 is 15.9 Å². The smallest absolute Gasteiger partial charge is 0.254 e. The van der Waals surface area contributed by atoms with Crippen LogP contribution >= 0.6 is 0 Å². The number of hydrogen-bond acceptors (Lipinski definition) is 3. The molecule has 0 unspecified atom stereocenters. The van der Waals surface area contributed by atoms with Crippen LogP contribution < -0.4 is 4.72 Å². The fraction of sp³-hybridized carbons (Fsp3) is 0.150. The van der Waals surface area contributed by atoms with Crippen LogP contribution in [0.3, 0.4) is 0 Å². The lowest BCUT2D eigenvalue weighted by Crippen LogP contribution is -2.31. The molecule has 0 heterocycles. The maximum absolute atomic E-state index is 12.6. The van der Waals surface area contributed by atoms with E-state index in [2.05, 4.69) is 17.9 Å². The SMILES string of the molecule is C=CCN(CC=C)C(=O)c1cccc(S(=O)(=O)NCc2ccccc2)c1. The minimum Gasteiger partial charge on any atom is -0.331 e. The summed E-state index contributed by atoms with van der Waals surface area (Å²) < 4.78 is 27.6. The van der Waals surface area contributed by atoms with E-state index in [1.807, 2.05) is 30.3 Å². The molecule has 5 nitrogen and oxygen atoms in total. The number of benzene rings is 2. The number of nitrogens with one attached hydrogen (secondary N) is 1. The number of carbonyl (C=O) groups is 1. The quantitative estimate of drug-likeness (QED) is 0.690. The molecule has 2 rings (SSSR count). The molecule has 0 aromatic heterocycles. The van der Waals surface area contributed by atoms with Gasteiger partial charge in [-0.3, -0.25) is 4.79 Å². The van der Waals surface area contributed by atoms with E-state index in [-0.39, 0.29) is 17.3 Å². The second-order valence-corrected chi connectivity index (χ2v) is 7.39. The molecule has 0 fully saturated rings. The zero-order chi connectivity index (χ0) is 19.0. The van der Waals surface area contributed by atoms with Gasteiger partial charge in [-0.15, -0.1) is 13.2 Å². The Labute approximate surface area is 154 Å². The molecule has 0 saturated heterocycles. The molecule has 0 radical (unpaired) electrons. The van der Waals surface area contributed by atoms with Gasteiger partial charge in [0.2, 0.25) is 10.0 Å². The van der Waals surface area contributed by atoms with Crippen molar-refractivity contribution in [1.29, 1.82) is 0 Å². The van der Waals surface area contributed by atoms with E-state index in [1.165, 1.54) is 17.0 Å². The topological polar surface area (TPSA) is 66.5 Å². The fourth-order valence-corrected chi connectivity index (χ4v) is 3.45. The van der Waals surface area contributed by atoms with Gasteiger partial charge in [0.1, 0.15) is 0 Å². The summed E-state index contributed by atoms with van der Waals surface area (Å²) in [5.74, 6) is -0.273. The number of rotatable bonds is 9. The fourth-order valence-electron chi connectivity index (χ4n) is 2.39. The van der Waals surface area contributed by atoms with Crippen LogP contribution in [0.2, 0.25) is 0 Å². The minimum absolute atomic E-state index is 0.0523. The van der Waals surface area contributed by atoms with Crippen molar-refractivity contribution in [2.75, 3.05) is 13.1 Å². The zero-order valence-corrected chi connectivity index (χ0v) is 15.3. The van der Waals surface area contributed by atoms with Crippen LogP contribution in [0.25, 0.3) is 0 Å². The number of amides is 1. The molecule has 1 amide bonds. The van der Waals surface area contributed by atoms with Gasteiger partial charge < -0.3 is 4.90 Å². The van der Waals surface area contributed by atoms with Crippen molar-refractivity contribution in [3.8, 4) is 0 Å². The summed E-state index contributed by atoms with van der Waals surface area (Å²) in [6.07, 6.45) is 3.23. The van der Waals surface area contributed by atoms with Gasteiger partial charge in [-0.2, -0.15) is 0 Å². The van der Waals surface area contributed by atoms with E-state index < -0.39 is 10.0 Å².